The molecule has 0 saturated heterocycles. The van der Waals surface area contributed by atoms with Crippen molar-refractivity contribution in [2.24, 2.45) is 0 Å². The summed E-state index contributed by atoms with van der Waals surface area (Å²) in [5.74, 6) is -0.549. The highest BCUT2D eigenvalue weighted by Crippen LogP contribution is 2.32. The Morgan fingerprint density at radius 3 is 2.04 bits per heavy atom. The Bertz CT molecular complexity index is 565. The molecule has 6 heteroatoms. The third-order valence-electron chi connectivity index (χ3n) is 3.46. The minimum absolute atomic E-state index is 0.281. The number of methoxy groups -OCH3 is 1. The molecular weight excluding hydrogens is 318 g/mol. The molecule has 23 heavy (non-hydrogen) atoms. The van der Waals surface area contributed by atoms with Crippen LogP contribution in [0.15, 0.2) is 24.3 Å². The molecule has 0 spiro atoms. The van der Waals surface area contributed by atoms with Crippen molar-refractivity contribution in [1.82, 2.24) is 4.90 Å². The lowest BCUT2D eigenvalue weighted by Crippen LogP contribution is -2.54. The first kappa shape index (κ1) is 19.3. The topological polar surface area (TPSA) is 55.8 Å². The molecule has 1 aromatic rings. The maximum Gasteiger partial charge on any atom is 0.411 e. The minimum atomic E-state index is -1.31. The summed E-state index contributed by atoms with van der Waals surface area (Å²) in [4.78, 5) is 26.4. The van der Waals surface area contributed by atoms with Gasteiger partial charge in [0.15, 0.2) is 5.54 Å². The van der Waals surface area contributed by atoms with Crippen LogP contribution in [0.2, 0.25) is 5.02 Å². The highest BCUT2D eigenvalue weighted by atomic mass is 35.5. The summed E-state index contributed by atoms with van der Waals surface area (Å²) < 4.78 is 10.4. The van der Waals surface area contributed by atoms with Crippen LogP contribution in [0, 0.1) is 0 Å². The van der Waals surface area contributed by atoms with Gasteiger partial charge in [-0.25, -0.2) is 9.59 Å². The van der Waals surface area contributed by atoms with Gasteiger partial charge in [0.1, 0.15) is 5.60 Å². The van der Waals surface area contributed by atoms with Crippen LogP contribution in [-0.2, 0) is 19.8 Å². The summed E-state index contributed by atoms with van der Waals surface area (Å²) >= 11 is 5.92. The number of halogens is 1. The molecule has 0 radical (unpaired) electrons. The molecule has 0 unspecified atom stereocenters. The summed E-state index contributed by atoms with van der Waals surface area (Å²) in [7, 11) is 1.29. The molecule has 0 N–H and O–H groups in total. The predicted octanol–water partition coefficient (Wildman–Crippen LogP) is 3.99. The third kappa shape index (κ3) is 4.38. The van der Waals surface area contributed by atoms with E-state index >= 15 is 0 Å². The van der Waals surface area contributed by atoms with Crippen molar-refractivity contribution in [3.05, 3.63) is 34.9 Å². The quantitative estimate of drug-likeness (QED) is 0.777. The molecule has 0 heterocycles. The van der Waals surface area contributed by atoms with Gasteiger partial charge in [0.05, 0.1) is 7.11 Å². The fourth-order valence-electron chi connectivity index (χ4n) is 2.30. The number of carbonyl (C=O) groups is 2. The Morgan fingerprint density at radius 2 is 1.65 bits per heavy atom. The third-order valence-corrected chi connectivity index (χ3v) is 3.71. The Hall–Kier alpha value is -1.75. The highest BCUT2D eigenvalue weighted by Gasteiger charge is 2.45. The van der Waals surface area contributed by atoms with E-state index in [4.69, 9.17) is 21.1 Å². The molecule has 1 amide bonds. The van der Waals surface area contributed by atoms with Gasteiger partial charge in [0, 0.05) is 11.6 Å². The first-order valence-electron chi connectivity index (χ1n) is 7.41. The zero-order valence-electron chi connectivity index (χ0n) is 14.5. The average Bonchev–Trinajstić information content (AvgIpc) is 2.45. The number of esters is 1. The molecule has 0 aromatic heterocycles. The maximum atomic E-state index is 12.6. The normalized spacial score (nSPS) is 13.9. The number of benzene rings is 1. The zero-order valence-corrected chi connectivity index (χ0v) is 15.2. The number of rotatable bonds is 4. The fourth-order valence-corrected chi connectivity index (χ4v) is 2.43. The van der Waals surface area contributed by atoms with Crippen LogP contribution < -0.4 is 0 Å². The molecule has 0 fully saturated rings. The molecule has 1 atom stereocenters. The van der Waals surface area contributed by atoms with Crippen LogP contribution in [0.25, 0.3) is 0 Å². The number of nitrogens with zero attached hydrogens (tertiary/aromatic N) is 1. The van der Waals surface area contributed by atoms with Crippen LogP contribution in [0.4, 0.5) is 4.79 Å². The number of carbonyl (C=O) groups excluding carboxylic acids is 2. The highest BCUT2D eigenvalue weighted by molar-refractivity contribution is 6.30. The lowest BCUT2D eigenvalue weighted by molar-refractivity contribution is -0.154. The smallest absolute Gasteiger partial charge is 0.411 e. The van der Waals surface area contributed by atoms with Crippen LogP contribution in [-0.4, -0.2) is 36.2 Å². The van der Waals surface area contributed by atoms with Crippen molar-refractivity contribution in [1.29, 1.82) is 0 Å². The number of hydrogen-bond acceptors (Lipinski definition) is 4. The van der Waals surface area contributed by atoms with Crippen LogP contribution in [0.3, 0.4) is 0 Å². The molecule has 0 bridgehead atoms. The Labute approximate surface area is 142 Å². The monoisotopic (exact) mass is 341 g/mol. The van der Waals surface area contributed by atoms with Crippen LogP contribution >= 0.6 is 11.6 Å². The predicted molar refractivity (Wildman–Crippen MR) is 89.4 cm³/mol. The van der Waals surface area contributed by atoms with Crippen LogP contribution in [0.5, 0.6) is 0 Å². The molecule has 1 rings (SSSR count). The number of ether oxygens (including phenoxy) is 2. The van der Waals surface area contributed by atoms with Crippen molar-refractivity contribution in [2.75, 3.05) is 13.7 Å². The molecule has 0 saturated carbocycles. The van der Waals surface area contributed by atoms with E-state index in [0.717, 1.165) is 0 Å². The zero-order chi connectivity index (χ0) is 17.8. The van der Waals surface area contributed by atoms with Crippen molar-refractivity contribution in [2.45, 2.75) is 45.8 Å². The minimum Gasteiger partial charge on any atom is -0.467 e. The van der Waals surface area contributed by atoms with Gasteiger partial charge < -0.3 is 9.47 Å². The second kappa shape index (κ2) is 7.21. The first-order valence-corrected chi connectivity index (χ1v) is 7.79. The summed E-state index contributed by atoms with van der Waals surface area (Å²) in [5.41, 5.74) is -1.38. The van der Waals surface area contributed by atoms with E-state index in [1.54, 1.807) is 58.9 Å². The van der Waals surface area contributed by atoms with Crippen molar-refractivity contribution >= 4 is 23.7 Å². The second-order valence-electron chi connectivity index (χ2n) is 6.30. The lowest BCUT2D eigenvalue weighted by Gasteiger charge is -2.39. The summed E-state index contributed by atoms with van der Waals surface area (Å²) in [6.45, 7) is 9.02. The van der Waals surface area contributed by atoms with Gasteiger partial charge in [0.25, 0.3) is 0 Å². The van der Waals surface area contributed by atoms with Gasteiger partial charge in [-0.05, 0) is 52.3 Å². The van der Waals surface area contributed by atoms with Crippen molar-refractivity contribution in [3.8, 4) is 0 Å². The Kier molecular flexibility index (Phi) is 6.05. The van der Waals surface area contributed by atoms with Gasteiger partial charge in [-0.1, -0.05) is 23.7 Å². The fraction of sp³-hybridized carbons (Fsp3) is 0.529. The van der Waals surface area contributed by atoms with Gasteiger partial charge >= 0.3 is 12.1 Å². The van der Waals surface area contributed by atoms with E-state index < -0.39 is 23.2 Å². The molecule has 0 aliphatic carbocycles. The Morgan fingerprint density at radius 1 is 1.13 bits per heavy atom. The first-order chi connectivity index (χ1) is 10.6. The summed E-state index contributed by atoms with van der Waals surface area (Å²) in [6, 6.07) is 6.74. The number of hydrogen-bond donors (Lipinski definition) is 0. The van der Waals surface area contributed by atoms with Gasteiger partial charge in [-0.3, -0.25) is 4.90 Å². The maximum absolute atomic E-state index is 12.6. The molecule has 128 valence electrons. The van der Waals surface area contributed by atoms with Crippen molar-refractivity contribution < 1.29 is 19.1 Å². The van der Waals surface area contributed by atoms with Gasteiger partial charge in [-0.2, -0.15) is 0 Å². The largest absolute Gasteiger partial charge is 0.467 e. The molecule has 0 aliphatic heterocycles. The summed E-state index contributed by atoms with van der Waals surface area (Å²) in [5, 5.41) is 0.543. The van der Waals surface area contributed by atoms with Gasteiger partial charge in [0.2, 0.25) is 0 Å². The average molecular weight is 342 g/mol. The SMILES string of the molecule is CCN(C(=O)OC(C)(C)C)[C@@](C)(C(=O)OC)c1ccc(Cl)cc1. The van der Waals surface area contributed by atoms with E-state index in [2.05, 4.69) is 0 Å². The van der Waals surface area contributed by atoms with E-state index in [1.165, 1.54) is 12.0 Å². The lowest BCUT2D eigenvalue weighted by atomic mass is 9.90. The van der Waals surface area contributed by atoms with Gasteiger partial charge in [-0.15, -0.1) is 0 Å². The van der Waals surface area contributed by atoms with E-state index in [1.807, 2.05) is 0 Å². The van der Waals surface area contributed by atoms with E-state index in [9.17, 15) is 9.59 Å². The molecule has 0 aliphatic rings. The number of likely N-dealkylation sites (N-methyl/N-ethyl adjacent to an activating group) is 1. The van der Waals surface area contributed by atoms with Crippen LogP contribution in [0.1, 0.15) is 40.2 Å². The second-order valence-corrected chi connectivity index (χ2v) is 6.73. The van der Waals surface area contributed by atoms with E-state index in [0.29, 0.717) is 10.6 Å². The number of amides is 1. The molecule has 5 nitrogen and oxygen atoms in total. The molecular formula is C17H24ClNO4. The standard InChI is InChI=1S/C17H24ClNO4/c1-7-19(15(21)23-16(2,3)4)17(5,14(20)22-6)12-8-10-13(18)11-9-12/h8-11H,7H2,1-6H3/t17-/m1/s1. The summed E-state index contributed by atoms with van der Waals surface area (Å²) in [6.07, 6.45) is -0.581. The Balaban J connectivity index is 3.35. The molecule has 1 aromatic carbocycles. The van der Waals surface area contributed by atoms with Crippen molar-refractivity contribution in [3.63, 3.8) is 0 Å². The van der Waals surface area contributed by atoms with E-state index in [-0.39, 0.29) is 6.54 Å².